The summed E-state index contributed by atoms with van der Waals surface area (Å²) in [6.45, 7) is 1.78. The van der Waals surface area contributed by atoms with E-state index in [4.69, 9.17) is 4.74 Å². The highest BCUT2D eigenvalue weighted by Gasteiger charge is 2.40. The van der Waals surface area contributed by atoms with Gasteiger partial charge in [-0.2, -0.15) is 0 Å². The van der Waals surface area contributed by atoms with E-state index in [1.807, 2.05) is 25.1 Å². The second-order valence-electron chi connectivity index (χ2n) is 6.89. The first-order valence-corrected chi connectivity index (χ1v) is 8.51. The molecule has 1 aliphatic heterocycles. The highest BCUT2D eigenvalue weighted by molar-refractivity contribution is 5.64. The molecule has 0 spiro atoms. The molecule has 1 saturated heterocycles. The van der Waals surface area contributed by atoms with E-state index < -0.39 is 18.6 Å². The number of hydrogen-bond donors (Lipinski definition) is 0. The van der Waals surface area contributed by atoms with Crippen molar-refractivity contribution in [1.82, 2.24) is 15.0 Å². The van der Waals surface area contributed by atoms with Crippen LogP contribution < -0.4 is 0 Å². The number of hydrogen-bond acceptors (Lipinski definition) is 3. The molecule has 0 bridgehead atoms. The van der Waals surface area contributed by atoms with E-state index in [0.29, 0.717) is 5.92 Å². The highest BCUT2D eigenvalue weighted by Crippen LogP contribution is 2.30. The number of aromatic nitrogens is 3. The maximum absolute atomic E-state index is 13.2. The molecule has 1 atom stereocenters. The molecule has 2 fully saturated rings. The molecule has 1 aromatic carbocycles. The summed E-state index contributed by atoms with van der Waals surface area (Å²) in [5.41, 5.74) is 3.77. The highest BCUT2D eigenvalue weighted by atomic mass is 19.3. The smallest absolute Gasteiger partial charge is 0.273 e. The summed E-state index contributed by atoms with van der Waals surface area (Å²) in [5, 5.41) is 8.22. The zero-order valence-electron chi connectivity index (χ0n) is 14.0. The molecule has 4 rings (SSSR count). The molecular weight excluding hydrogens is 324 g/mol. The third-order valence-corrected chi connectivity index (χ3v) is 4.49. The lowest BCUT2D eigenvalue weighted by Crippen LogP contribution is -2.18. The predicted molar refractivity (Wildman–Crippen MR) is 89.1 cm³/mol. The molecule has 0 amide bonds. The Bertz CT molecular complexity index is 846. The normalized spacial score (nSPS) is 21.8. The molecular formula is C19H19F2N3O. The van der Waals surface area contributed by atoms with Crippen molar-refractivity contribution in [3.05, 3.63) is 35.5 Å². The van der Waals surface area contributed by atoms with Crippen LogP contribution in [-0.2, 0) is 11.3 Å². The van der Waals surface area contributed by atoms with Crippen LogP contribution in [-0.4, -0.2) is 33.6 Å². The maximum atomic E-state index is 13.2. The molecule has 0 radical (unpaired) electrons. The molecule has 1 aromatic heterocycles. The Morgan fingerprint density at radius 2 is 2.20 bits per heavy atom. The van der Waals surface area contributed by atoms with Gasteiger partial charge in [-0.1, -0.05) is 23.1 Å². The number of nitrogens with zero attached hydrogens (tertiary/aromatic N) is 3. The molecule has 0 N–H and O–H groups in total. The van der Waals surface area contributed by atoms with Crippen molar-refractivity contribution < 1.29 is 13.5 Å². The van der Waals surface area contributed by atoms with Crippen molar-refractivity contribution in [3.8, 4) is 23.1 Å². The predicted octanol–water partition coefficient (Wildman–Crippen LogP) is 3.44. The quantitative estimate of drug-likeness (QED) is 0.802. The monoisotopic (exact) mass is 343 g/mol. The van der Waals surface area contributed by atoms with Gasteiger partial charge in [0.05, 0.1) is 18.8 Å². The lowest BCUT2D eigenvalue weighted by atomic mass is 10.0. The van der Waals surface area contributed by atoms with E-state index in [2.05, 4.69) is 22.2 Å². The fourth-order valence-electron chi connectivity index (χ4n) is 2.97. The minimum absolute atomic E-state index is 0.268. The van der Waals surface area contributed by atoms with Gasteiger partial charge in [-0.25, -0.2) is 13.5 Å². The number of halogens is 2. The van der Waals surface area contributed by atoms with E-state index in [9.17, 15) is 8.78 Å². The van der Waals surface area contributed by atoms with Crippen LogP contribution in [0, 0.1) is 24.7 Å². The van der Waals surface area contributed by atoms with Gasteiger partial charge in [-0.05, 0) is 37.5 Å². The number of rotatable bonds is 3. The van der Waals surface area contributed by atoms with Crippen molar-refractivity contribution >= 4 is 0 Å². The topological polar surface area (TPSA) is 39.9 Å². The molecule has 4 nitrogen and oxygen atoms in total. The average Bonchev–Trinajstić information content (AvgIpc) is 3.18. The third-order valence-electron chi connectivity index (χ3n) is 4.49. The summed E-state index contributed by atoms with van der Waals surface area (Å²) >= 11 is 0. The van der Waals surface area contributed by atoms with Crippen molar-refractivity contribution in [1.29, 1.82) is 0 Å². The molecule has 2 aromatic rings. The molecule has 130 valence electrons. The van der Waals surface area contributed by atoms with E-state index in [-0.39, 0.29) is 13.0 Å². The number of benzene rings is 1. The molecule has 1 aliphatic carbocycles. The van der Waals surface area contributed by atoms with Crippen LogP contribution in [0.25, 0.3) is 11.3 Å². The van der Waals surface area contributed by atoms with Gasteiger partial charge in [0.15, 0.2) is 0 Å². The first-order chi connectivity index (χ1) is 12.0. The standard InChI is InChI=1S/C19H19F2N3O/c1-13-8-15(5-4-14-2-3-14)6-7-17(13)18-11-24(23-22-18)10-16-9-19(20,21)12-25-16/h6-8,11,14,16H,2-3,9-10,12H2,1H3. The second kappa shape index (κ2) is 6.23. The van der Waals surface area contributed by atoms with E-state index in [1.165, 1.54) is 12.8 Å². The Morgan fingerprint density at radius 1 is 1.36 bits per heavy atom. The van der Waals surface area contributed by atoms with Gasteiger partial charge in [0.1, 0.15) is 12.3 Å². The van der Waals surface area contributed by atoms with Crippen LogP contribution in [0.4, 0.5) is 8.78 Å². The SMILES string of the molecule is Cc1cc(C#CC2CC2)ccc1-c1cn(CC2CC(F)(F)CO2)nn1. The van der Waals surface area contributed by atoms with Crippen LogP contribution >= 0.6 is 0 Å². The molecule has 25 heavy (non-hydrogen) atoms. The second-order valence-corrected chi connectivity index (χ2v) is 6.89. The maximum Gasteiger partial charge on any atom is 0.273 e. The van der Waals surface area contributed by atoms with Gasteiger partial charge >= 0.3 is 0 Å². The van der Waals surface area contributed by atoms with Crippen molar-refractivity contribution in [3.63, 3.8) is 0 Å². The summed E-state index contributed by atoms with van der Waals surface area (Å²) in [4.78, 5) is 0. The fraction of sp³-hybridized carbons (Fsp3) is 0.474. The summed E-state index contributed by atoms with van der Waals surface area (Å²) in [6, 6.07) is 6.02. The minimum Gasteiger partial charge on any atom is -0.370 e. The van der Waals surface area contributed by atoms with Gasteiger partial charge in [-0.15, -0.1) is 5.10 Å². The Labute approximate surface area is 145 Å². The molecule has 2 aliphatic rings. The van der Waals surface area contributed by atoms with E-state index in [1.54, 1.807) is 10.9 Å². The first kappa shape index (κ1) is 16.2. The summed E-state index contributed by atoms with van der Waals surface area (Å²) in [7, 11) is 0. The molecule has 6 heteroatoms. The summed E-state index contributed by atoms with van der Waals surface area (Å²) in [5.74, 6) is 4.30. The van der Waals surface area contributed by atoms with Crippen LogP contribution in [0.5, 0.6) is 0 Å². The molecule has 1 saturated carbocycles. The van der Waals surface area contributed by atoms with E-state index in [0.717, 1.165) is 22.4 Å². The molecule has 1 unspecified atom stereocenters. The third kappa shape index (κ3) is 3.88. The van der Waals surface area contributed by atoms with Gasteiger partial charge < -0.3 is 4.74 Å². The average molecular weight is 343 g/mol. The Balaban J connectivity index is 1.47. The number of ether oxygens (including phenoxy) is 1. The van der Waals surface area contributed by atoms with Crippen molar-refractivity contribution in [2.45, 2.75) is 44.8 Å². The summed E-state index contributed by atoms with van der Waals surface area (Å²) < 4.78 is 33.1. The van der Waals surface area contributed by atoms with Gasteiger partial charge in [0, 0.05) is 23.5 Å². The zero-order valence-corrected chi connectivity index (χ0v) is 14.0. The Morgan fingerprint density at radius 3 is 2.88 bits per heavy atom. The van der Waals surface area contributed by atoms with Crippen LogP contribution in [0.3, 0.4) is 0 Å². The van der Waals surface area contributed by atoms with Crippen LogP contribution in [0.1, 0.15) is 30.4 Å². The van der Waals surface area contributed by atoms with Crippen molar-refractivity contribution in [2.24, 2.45) is 5.92 Å². The minimum atomic E-state index is -2.73. The van der Waals surface area contributed by atoms with E-state index >= 15 is 0 Å². The largest absolute Gasteiger partial charge is 0.370 e. The lowest BCUT2D eigenvalue weighted by molar-refractivity contribution is -0.0107. The first-order valence-electron chi connectivity index (χ1n) is 8.51. The fourth-order valence-corrected chi connectivity index (χ4v) is 2.97. The van der Waals surface area contributed by atoms with Gasteiger partial charge in [0.2, 0.25) is 0 Å². The van der Waals surface area contributed by atoms with Gasteiger partial charge in [-0.3, -0.25) is 0 Å². The number of alkyl halides is 2. The van der Waals surface area contributed by atoms with Crippen LogP contribution in [0.2, 0.25) is 0 Å². The summed E-state index contributed by atoms with van der Waals surface area (Å²) in [6.07, 6.45) is 3.41. The molecule has 2 heterocycles. The van der Waals surface area contributed by atoms with Crippen LogP contribution in [0.15, 0.2) is 24.4 Å². The lowest BCUT2D eigenvalue weighted by Gasteiger charge is -2.08. The Kier molecular flexibility index (Phi) is 4.04. The zero-order chi connectivity index (χ0) is 17.4. The van der Waals surface area contributed by atoms with Crippen molar-refractivity contribution in [2.75, 3.05) is 6.61 Å². The number of aryl methyl sites for hydroxylation is 1. The Hall–Kier alpha value is -2.26. The van der Waals surface area contributed by atoms with Gasteiger partial charge in [0.25, 0.3) is 5.92 Å².